The van der Waals surface area contributed by atoms with Crippen molar-refractivity contribution >= 4 is 41.1 Å². The Morgan fingerprint density at radius 3 is 2.73 bits per heavy atom. The van der Waals surface area contributed by atoms with E-state index >= 15 is 0 Å². The molecule has 7 nitrogen and oxygen atoms in total. The average molecular weight is 491 g/mol. The van der Waals surface area contributed by atoms with E-state index in [1.54, 1.807) is 36.0 Å². The summed E-state index contributed by atoms with van der Waals surface area (Å²) in [6.45, 7) is 1.70. The summed E-state index contributed by atoms with van der Waals surface area (Å²) in [5.74, 6) is 0.490. The second kappa shape index (κ2) is 11.4. The number of ether oxygens (including phenoxy) is 2. The second-order valence-corrected chi connectivity index (χ2v) is 9.14. The molecule has 2 aromatic rings. The third kappa shape index (κ3) is 6.42. The van der Waals surface area contributed by atoms with Crippen LogP contribution in [0.25, 0.3) is 11.1 Å². The Morgan fingerprint density at radius 1 is 1.24 bits per heavy atom. The van der Waals surface area contributed by atoms with E-state index < -0.39 is 12.0 Å². The fourth-order valence-corrected chi connectivity index (χ4v) is 4.45. The van der Waals surface area contributed by atoms with Crippen molar-refractivity contribution in [3.8, 4) is 16.9 Å². The predicted molar refractivity (Wildman–Crippen MR) is 130 cm³/mol. The SMILES string of the molecule is COC(=O)c1cccc(-c2cc(Cl)c3c(c2)C[C@H](CNC(=O)[C@H](CCSC)NC(C)=O)O3)c1. The van der Waals surface area contributed by atoms with Gasteiger partial charge in [0.25, 0.3) is 0 Å². The van der Waals surface area contributed by atoms with E-state index in [1.165, 1.54) is 14.0 Å². The van der Waals surface area contributed by atoms with Crippen molar-refractivity contribution in [2.45, 2.75) is 31.9 Å². The van der Waals surface area contributed by atoms with Crippen molar-refractivity contribution in [1.29, 1.82) is 0 Å². The van der Waals surface area contributed by atoms with E-state index in [4.69, 9.17) is 21.1 Å². The summed E-state index contributed by atoms with van der Waals surface area (Å²) in [5.41, 5.74) is 3.09. The number of esters is 1. The molecule has 0 radical (unpaired) electrons. The number of fused-ring (bicyclic) bond motifs is 1. The first-order valence-electron chi connectivity index (χ1n) is 10.5. The zero-order valence-corrected chi connectivity index (χ0v) is 20.3. The van der Waals surface area contributed by atoms with E-state index in [2.05, 4.69) is 10.6 Å². The van der Waals surface area contributed by atoms with Crippen molar-refractivity contribution in [2.75, 3.05) is 25.7 Å². The number of nitrogens with one attached hydrogen (secondary N) is 2. The highest BCUT2D eigenvalue weighted by Gasteiger charge is 2.28. The minimum Gasteiger partial charge on any atom is -0.486 e. The highest BCUT2D eigenvalue weighted by Crippen LogP contribution is 2.39. The Hall–Kier alpha value is -2.71. The van der Waals surface area contributed by atoms with Gasteiger partial charge in [-0.05, 0) is 53.8 Å². The van der Waals surface area contributed by atoms with Gasteiger partial charge in [-0.15, -0.1) is 0 Å². The number of carbonyl (C=O) groups is 3. The number of thioether (sulfide) groups is 1. The van der Waals surface area contributed by atoms with Crippen LogP contribution < -0.4 is 15.4 Å². The Bertz CT molecular complexity index is 1050. The predicted octanol–water partition coefficient (Wildman–Crippen LogP) is 3.47. The molecule has 2 amide bonds. The number of rotatable bonds is 9. The van der Waals surface area contributed by atoms with Gasteiger partial charge in [0.2, 0.25) is 11.8 Å². The van der Waals surface area contributed by atoms with Crippen LogP contribution in [-0.4, -0.2) is 55.6 Å². The van der Waals surface area contributed by atoms with Crippen LogP contribution in [0.5, 0.6) is 5.75 Å². The first-order valence-corrected chi connectivity index (χ1v) is 12.3. The van der Waals surface area contributed by atoms with E-state index in [1.807, 2.05) is 18.4 Å². The van der Waals surface area contributed by atoms with Crippen LogP contribution in [-0.2, 0) is 20.7 Å². The first-order chi connectivity index (χ1) is 15.8. The standard InChI is InChI=1S/C24H27ClN2O5S/c1-14(28)27-21(7-8-33-3)23(29)26-13-19-11-18-10-17(12-20(25)22(18)32-19)15-5-4-6-16(9-15)24(30)31-2/h4-6,9-10,12,19,21H,7-8,11,13H2,1-3H3,(H,26,29)(H,27,28)/t19-,21+/m1/s1. The Labute approximate surface area is 202 Å². The topological polar surface area (TPSA) is 93.7 Å². The number of hydrogen-bond acceptors (Lipinski definition) is 6. The first kappa shape index (κ1) is 24.9. The molecule has 33 heavy (non-hydrogen) atoms. The van der Waals surface area contributed by atoms with Gasteiger partial charge in [-0.25, -0.2) is 4.79 Å². The summed E-state index contributed by atoms with van der Waals surface area (Å²) in [7, 11) is 1.35. The molecular weight excluding hydrogens is 464 g/mol. The smallest absolute Gasteiger partial charge is 0.337 e. The molecule has 1 aliphatic heterocycles. The molecular formula is C24H27ClN2O5S. The largest absolute Gasteiger partial charge is 0.486 e. The van der Waals surface area contributed by atoms with Crippen molar-refractivity contribution in [1.82, 2.24) is 10.6 Å². The normalized spacial score (nSPS) is 15.2. The molecule has 0 aliphatic carbocycles. The van der Waals surface area contributed by atoms with Gasteiger partial charge in [0.05, 0.1) is 24.2 Å². The summed E-state index contributed by atoms with van der Waals surface area (Å²) in [5, 5.41) is 6.05. The maximum atomic E-state index is 12.6. The van der Waals surface area contributed by atoms with Crippen LogP contribution >= 0.6 is 23.4 Å². The molecule has 0 unspecified atom stereocenters. The summed E-state index contributed by atoms with van der Waals surface area (Å²) >= 11 is 8.11. The van der Waals surface area contributed by atoms with E-state index in [9.17, 15) is 14.4 Å². The maximum absolute atomic E-state index is 12.6. The van der Waals surface area contributed by atoms with Crippen molar-refractivity contribution < 1.29 is 23.9 Å². The van der Waals surface area contributed by atoms with Crippen LogP contribution in [0.2, 0.25) is 5.02 Å². The minimum atomic E-state index is -0.573. The Balaban J connectivity index is 1.68. The van der Waals surface area contributed by atoms with Crippen LogP contribution in [0.3, 0.4) is 0 Å². The zero-order chi connectivity index (χ0) is 24.0. The van der Waals surface area contributed by atoms with Gasteiger partial charge >= 0.3 is 5.97 Å². The molecule has 0 saturated heterocycles. The zero-order valence-electron chi connectivity index (χ0n) is 18.8. The minimum absolute atomic E-state index is 0.231. The fraction of sp³-hybridized carbons (Fsp3) is 0.375. The van der Waals surface area contributed by atoms with E-state index in [0.717, 1.165) is 22.4 Å². The van der Waals surface area contributed by atoms with Crippen molar-refractivity contribution in [3.05, 3.63) is 52.5 Å². The molecule has 3 rings (SSSR count). The molecule has 0 saturated carbocycles. The molecule has 0 aromatic heterocycles. The molecule has 176 valence electrons. The Kier molecular flexibility index (Phi) is 8.63. The molecule has 1 aliphatic rings. The summed E-state index contributed by atoms with van der Waals surface area (Å²) in [6.07, 6.45) is 2.82. The van der Waals surface area contributed by atoms with Gasteiger partial charge in [0.15, 0.2) is 0 Å². The fourth-order valence-electron chi connectivity index (χ4n) is 3.70. The number of benzene rings is 2. The lowest BCUT2D eigenvalue weighted by Gasteiger charge is -2.19. The highest BCUT2D eigenvalue weighted by atomic mass is 35.5. The summed E-state index contributed by atoms with van der Waals surface area (Å²) < 4.78 is 10.8. The lowest BCUT2D eigenvalue weighted by molar-refractivity contribution is -0.128. The number of hydrogen-bond donors (Lipinski definition) is 2. The molecule has 0 bridgehead atoms. The lowest BCUT2D eigenvalue weighted by atomic mass is 9.99. The third-order valence-corrected chi connectivity index (χ3v) is 6.20. The van der Waals surface area contributed by atoms with Gasteiger partial charge < -0.3 is 20.1 Å². The van der Waals surface area contributed by atoms with Gasteiger partial charge in [0.1, 0.15) is 17.9 Å². The molecule has 0 fully saturated rings. The van der Waals surface area contributed by atoms with E-state index in [0.29, 0.717) is 35.7 Å². The molecule has 2 atom stereocenters. The van der Waals surface area contributed by atoms with Gasteiger partial charge in [-0.3, -0.25) is 9.59 Å². The van der Waals surface area contributed by atoms with Gasteiger partial charge in [-0.1, -0.05) is 23.7 Å². The average Bonchev–Trinajstić information content (AvgIpc) is 3.23. The maximum Gasteiger partial charge on any atom is 0.337 e. The number of halogens is 1. The third-order valence-electron chi connectivity index (χ3n) is 5.28. The number of carbonyl (C=O) groups excluding carboxylic acids is 3. The number of methoxy groups -OCH3 is 1. The van der Waals surface area contributed by atoms with Crippen molar-refractivity contribution in [3.63, 3.8) is 0 Å². The molecule has 9 heteroatoms. The number of amides is 2. The monoisotopic (exact) mass is 490 g/mol. The van der Waals surface area contributed by atoms with Crippen LogP contribution in [0.15, 0.2) is 36.4 Å². The van der Waals surface area contributed by atoms with Crippen molar-refractivity contribution in [2.24, 2.45) is 0 Å². The lowest BCUT2D eigenvalue weighted by Crippen LogP contribution is -2.48. The molecule has 1 heterocycles. The van der Waals surface area contributed by atoms with Gasteiger partial charge in [-0.2, -0.15) is 11.8 Å². The molecule has 0 spiro atoms. The highest BCUT2D eigenvalue weighted by molar-refractivity contribution is 7.98. The Morgan fingerprint density at radius 2 is 2.03 bits per heavy atom. The summed E-state index contributed by atoms with van der Waals surface area (Å²) in [6, 6.07) is 10.4. The second-order valence-electron chi connectivity index (χ2n) is 7.74. The van der Waals surface area contributed by atoms with Crippen LogP contribution in [0.1, 0.15) is 29.3 Å². The van der Waals surface area contributed by atoms with E-state index in [-0.39, 0.29) is 17.9 Å². The van der Waals surface area contributed by atoms with Gasteiger partial charge in [0, 0.05) is 18.9 Å². The quantitative estimate of drug-likeness (QED) is 0.523. The van der Waals surface area contributed by atoms with Crippen LogP contribution in [0, 0.1) is 0 Å². The van der Waals surface area contributed by atoms with Crippen LogP contribution in [0.4, 0.5) is 0 Å². The molecule has 2 aromatic carbocycles. The molecule has 2 N–H and O–H groups in total. The summed E-state index contributed by atoms with van der Waals surface area (Å²) in [4.78, 5) is 35.9.